The van der Waals surface area contributed by atoms with Crippen molar-refractivity contribution < 1.29 is 0 Å². The van der Waals surface area contributed by atoms with Crippen LogP contribution in [0.4, 0.5) is 5.13 Å². The molecule has 0 saturated carbocycles. The van der Waals surface area contributed by atoms with Gasteiger partial charge in [0.05, 0.1) is 10.6 Å². The van der Waals surface area contributed by atoms with Crippen molar-refractivity contribution in [3.63, 3.8) is 0 Å². The van der Waals surface area contributed by atoms with Gasteiger partial charge >= 0.3 is 0 Å². The molecular formula is C16H13ClN2S. The minimum absolute atomic E-state index is 0.575. The largest absolute Gasteiger partial charge is 0.375 e. The number of hydrogen-bond donors (Lipinski definition) is 1. The number of aryl methyl sites for hydroxylation is 1. The summed E-state index contributed by atoms with van der Waals surface area (Å²) in [5.41, 5.74) is 10.2. The maximum absolute atomic E-state index is 5.94. The van der Waals surface area contributed by atoms with E-state index in [9.17, 15) is 0 Å². The molecule has 0 atom stereocenters. The van der Waals surface area contributed by atoms with Crippen LogP contribution in [0.15, 0.2) is 48.5 Å². The molecule has 0 aliphatic rings. The molecule has 0 radical (unpaired) electrons. The molecule has 0 aliphatic heterocycles. The van der Waals surface area contributed by atoms with Crippen molar-refractivity contribution in [3.8, 4) is 21.7 Å². The Morgan fingerprint density at radius 2 is 1.55 bits per heavy atom. The highest BCUT2D eigenvalue weighted by atomic mass is 35.5. The predicted octanol–water partition coefficient (Wildman–Crippen LogP) is 5.02. The third-order valence-corrected chi connectivity index (χ3v) is 4.26. The van der Waals surface area contributed by atoms with Gasteiger partial charge in [0.25, 0.3) is 0 Å². The highest BCUT2D eigenvalue weighted by Crippen LogP contribution is 2.38. The molecule has 1 aromatic heterocycles. The maximum atomic E-state index is 5.94. The summed E-state index contributed by atoms with van der Waals surface area (Å²) in [7, 11) is 0. The van der Waals surface area contributed by atoms with E-state index in [0.29, 0.717) is 5.13 Å². The smallest absolute Gasteiger partial charge is 0.181 e. The standard InChI is InChI=1S/C16H13ClN2S/c1-10-2-4-11(5-3-10)14-15(20-16(18)19-14)12-6-8-13(17)9-7-12/h2-9H,1H3,(H2,18,19). The number of aromatic nitrogens is 1. The predicted molar refractivity (Wildman–Crippen MR) is 87.1 cm³/mol. The lowest BCUT2D eigenvalue weighted by Crippen LogP contribution is -1.84. The second-order valence-corrected chi connectivity index (χ2v) is 6.07. The molecular weight excluding hydrogens is 288 g/mol. The van der Waals surface area contributed by atoms with E-state index in [0.717, 1.165) is 26.7 Å². The summed E-state index contributed by atoms with van der Waals surface area (Å²) in [5, 5.41) is 1.30. The lowest BCUT2D eigenvalue weighted by Gasteiger charge is -2.03. The van der Waals surface area contributed by atoms with Crippen LogP contribution < -0.4 is 5.73 Å². The molecule has 0 spiro atoms. The van der Waals surface area contributed by atoms with Gasteiger partial charge in [0.15, 0.2) is 5.13 Å². The number of hydrogen-bond acceptors (Lipinski definition) is 3. The van der Waals surface area contributed by atoms with Gasteiger partial charge in [-0.2, -0.15) is 0 Å². The zero-order valence-corrected chi connectivity index (χ0v) is 12.5. The monoisotopic (exact) mass is 300 g/mol. The van der Waals surface area contributed by atoms with E-state index < -0.39 is 0 Å². The minimum Gasteiger partial charge on any atom is -0.375 e. The number of rotatable bonds is 2. The molecule has 3 rings (SSSR count). The zero-order chi connectivity index (χ0) is 14.1. The summed E-state index contributed by atoms with van der Waals surface area (Å²) < 4.78 is 0. The first-order valence-corrected chi connectivity index (χ1v) is 7.42. The van der Waals surface area contributed by atoms with Gasteiger partial charge < -0.3 is 5.73 Å². The van der Waals surface area contributed by atoms with Crippen LogP contribution in [0.2, 0.25) is 5.02 Å². The van der Waals surface area contributed by atoms with Crippen molar-refractivity contribution >= 4 is 28.1 Å². The zero-order valence-electron chi connectivity index (χ0n) is 10.9. The number of nitrogen functional groups attached to an aromatic ring is 1. The first kappa shape index (κ1) is 13.2. The third kappa shape index (κ3) is 2.55. The van der Waals surface area contributed by atoms with Crippen LogP contribution >= 0.6 is 22.9 Å². The molecule has 0 amide bonds. The topological polar surface area (TPSA) is 38.9 Å². The Kier molecular flexibility index (Phi) is 3.47. The lowest BCUT2D eigenvalue weighted by atomic mass is 10.1. The molecule has 2 nitrogen and oxygen atoms in total. The van der Waals surface area contributed by atoms with E-state index >= 15 is 0 Å². The molecule has 100 valence electrons. The van der Waals surface area contributed by atoms with Crippen molar-refractivity contribution in [1.29, 1.82) is 0 Å². The molecule has 3 aromatic rings. The van der Waals surface area contributed by atoms with Crippen LogP contribution in [0.3, 0.4) is 0 Å². The van der Waals surface area contributed by atoms with E-state index in [1.807, 2.05) is 24.3 Å². The molecule has 0 bridgehead atoms. The van der Waals surface area contributed by atoms with Crippen molar-refractivity contribution in [2.45, 2.75) is 6.92 Å². The fourth-order valence-corrected chi connectivity index (χ4v) is 3.03. The summed E-state index contributed by atoms with van der Waals surface area (Å²) in [6, 6.07) is 16.1. The van der Waals surface area contributed by atoms with Gasteiger partial charge in [-0.05, 0) is 24.6 Å². The lowest BCUT2D eigenvalue weighted by molar-refractivity contribution is 1.39. The quantitative estimate of drug-likeness (QED) is 0.721. The molecule has 20 heavy (non-hydrogen) atoms. The summed E-state index contributed by atoms with van der Waals surface area (Å²) in [4.78, 5) is 5.54. The van der Waals surface area contributed by atoms with Crippen LogP contribution in [0.5, 0.6) is 0 Å². The van der Waals surface area contributed by atoms with Crippen LogP contribution in [-0.4, -0.2) is 4.98 Å². The molecule has 1 heterocycles. The average molecular weight is 301 g/mol. The van der Waals surface area contributed by atoms with Crippen molar-refractivity contribution in [3.05, 3.63) is 59.1 Å². The second kappa shape index (κ2) is 5.27. The van der Waals surface area contributed by atoms with Crippen molar-refractivity contribution in [2.24, 2.45) is 0 Å². The number of halogens is 1. The highest BCUT2D eigenvalue weighted by molar-refractivity contribution is 7.19. The van der Waals surface area contributed by atoms with E-state index in [4.69, 9.17) is 17.3 Å². The Morgan fingerprint density at radius 1 is 0.950 bits per heavy atom. The molecule has 0 fully saturated rings. The molecule has 2 aromatic carbocycles. The fourth-order valence-electron chi connectivity index (χ4n) is 2.04. The summed E-state index contributed by atoms with van der Waals surface area (Å²) in [6.45, 7) is 2.07. The van der Waals surface area contributed by atoms with Gasteiger partial charge in [0.2, 0.25) is 0 Å². The SMILES string of the molecule is Cc1ccc(-c2nc(N)sc2-c2ccc(Cl)cc2)cc1. The van der Waals surface area contributed by atoms with Crippen LogP contribution in [-0.2, 0) is 0 Å². The first-order valence-electron chi connectivity index (χ1n) is 6.23. The Balaban J connectivity index is 2.12. The molecule has 0 saturated heterocycles. The van der Waals surface area contributed by atoms with Gasteiger partial charge in [-0.1, -0.05) is 64.9 Å². The van der Waals surface area contributed by atoms with E-state index in [2.05, 4.69) is 36.2 Å². The number of thiazole rings is 1. The Labute approximate surface area is 126 Å². The molecule has 0 aliphatic carbocycles. The van der Waals surface area contributed by atoms with Gasteiger partial charge in [-0.15, -0.1) is 0 Å². The minimum atomic E-state index is 0.575. The first-order chi connectivity index (χ1) is 9.63. The highest BCUT2D eigenvalue weighted by Gasteiger charge is 2.13. The number of nitrogens with two attached hydrogens (primary N) is 1. The van der Waals surface area contributed by atoms with Crippen LogP contribution in [0.1, 0.15) is 5.56 Å². The maximum Gasteiger partial charge on any atom is 0.181 e. The van der Waals surface area contributed by atoms with E-state index in [1.165, 1.54) is 16.9 Å². The second-order valence-electron chi connectivity index (χ2n) is 4.60. The van der Waals surface area contributed by atoms with Crippen molar-refractivity contribution in [1.82, 2.24) is 4.98 Å². The normalized spacial score (nSPS) is 10.7. The van der Waals surface area contributed by atoms with Gasteiger partial charge in [0.1, 0.15) is 0 Å². The average Bonchev–Trinajstić information content (AvgIpc) is 2.82. The summed E-state index contributed by atoms with van der Waals surface area (Å²) in [6.07, 6.45) is 0. The van der Waals surface area contributed by atoms with E-state index in [1.54, 1.807) is 0 Å². The Hall–Kier alpha value is -1.84. The molecule has 4 heteroatoms. The van der Waals surface area contributed by atoms with Gasteiger partial charge in [-0.25, -0.2) is 4.98 Å². The van der Waals surface area contributed by atoms with Gasteiger partial charge in [0, 0.05) is 10.6 Å². The van der Waals surface area contributed by atoms with Crippen LogP contribution in [0, 0.1) is 6.92 Å². The van der Waals surface area contributed by atoms with Gasteiger partial charge in [-0.3, -0.25) is 0 Å². The Bertz CT molecular complexity index is 667. The number of nitrogens with zero attached hydrogens (tertiary/aromatic N) is 1. The Morgan fingerprint density at radius 3 is 2.20 bits per heavy atom. The summed E-state index contributed by atoms with van der Waals surface area (Å²) >= 11 is 7.44. The van der Waals surface area contributed by atoms with E-state index in [-0.39, 0.29) is 0 Å². The molecule has 0 unspecified atom stereocenters. The third-order valence-electron chi connectivity index (χ3n) is 3.08. The van der Waals surface area contributed by atoms with Crippen molar-refractivity contribution in [2.75, 3.05) is 5.73 Å². The number of benzene rings is 2. The fraction of sp³-hybridized carbons (Fsp3) is 0.0625. The van der Waals surface area contributed by atoms with Crippen LogP contribution in [0.25, 0.3) is 21.7 Å². The molecule has 2 N–H and O–H groups in total. The number of anilines is 1. The summed E-state index contributed by atoms with van der Waals surface area (Å²) in [5.74, 6) is 0.